The van der Waals surface area contributed by atoms with Crippen LogP contribution in [0.2, 0.25) is 0 Å². The van der Waals surface area contributed by atoms with Gasteiger partial charge in [-0.05, 0) is 55.1 Å². The Morgan fingerprint density at radius 3 is 2.52 bits per heavy atom. The largest absolute Gasteiger partial charge is 0.351 e. The molecule has 4 N–H and O–H groups in total. The number of nitrogens with one attached hydrogen (secondary N) is 2. The molecule has 122 valence electrons. The maximum Gasteiger partial charge on any atom is 0.253 e. The molecule has 4 atom stereocenters. The summed E-state index contributed by atoms with van der Waals surface area (Å²) in [6, 6.07) is 7.17. The number of rotatable bonds is 5. The van der Waals surface area contributed by atoms with E-state index < -0.39 is 0 Å². The Labute approximate surface area is 136 Å². The van der Waals surface area contributed by atoms with Crippen molar-refractivity contribution in [3.8, 4) is 0 Å². The summed E-state index contributed by atoms with van der Waals surface area (Å²) in [6.45, 7) is 0.825. The maximum absolute atomic E-state index is 12.6. The number of benzene rings is 1. The number of hydrogen-bond acceptors (Lipinski definition) is 3. The Morgan fingerprint density at radius 1 is 1.13 bits per heavy atom. The normalized spacial score (nSPS) is 33.2. The van der Waals surface area contributed by atoms with Crippen LogP contribution in [-0.4, -0.2) is 24.9 Å². The first-order valence-corrected chi connectivity index (χ1v) is 8.59. The average Bonchev–Trinajstić information content (AvgIpc) is 3.01. The highest BCUT2D eigenvalue weighted by Gasteiger charge is 2.67. The molecule has 0 radical (unpaired) electrons. The number of nitrogens with two attached hydrogens (primary N) is 1. The predicted octanol–water partition coefficient (Wildman–Crippen LogP) is 1.61. The third kappa shape index (κ3) is 2.43. The van der Waals surface area contributed by atoms with Gasteiger partial charge in [0, 0.05) is 19.0 Å². The van der Waals surface area contributed by atoms with Crippen molar-refractivity contribution in [1.29, 1.82) is 0 Å². The van der Waals surface area contributed by atoms with E-state index >= 15 is 0 Å². The van der Waals surface area contributed by atoms with Gasteiger partial charge in [-0.15, -0.1) is 0 Å². The predicted molar refractivity (Wildman–Crippen MR) is 87.8 cm³/mol. The van der Waals surface area contributed by atoms with E-state index in [0.29, 0.717) is 36.2 Å². The Balaban J connectivity index is 1.45. The van der Waals surface area contributed by atoms with Gasteiger partial charge in [0.05, 0.1) is 11.3 Å². The standard InChI is InChI=1S/C18H23N3O2/c19-7-8-20-17(22)12-3-1-2-4-13(12)21-18(23)16-14-10-5-6-11(9-10)15(14)16/h1-4,10-11,14-16H,5-9,19H2,(H,20,22)(H,21,23). The van der Waals surface area contributed by atoms with Crippen LogP contribution < -0.4 is 16.4 Å². The summed E-state index contributed by atoms with van der Waals surface area (Å²) in [5.74, 6) is 2.81. The van der Waals surface area contributed by atoms with Crippen LogP contribution in [-0.2, 0) is 4.79 Å². The monoisotopic (exact) mass is 313 g/mol. The summed E-state index contributed by atoms with van der Waals surface area (Å²) in [6.07, 6.45) is 3.93. The molecule has 4 unspecified atom stereocenters. The highest BCUT2D eigenvalue weighted by Crippen LogP contribution is 2.69. The molecule has 0 aliphatic heterocycles. The molecule has 0 heterocycles. The van der Waals surface area contributed by atoms with E-state index in [1.807, 2.05) is 6.07 Å². The van der Waals surface area contributed by atoms with Gasteiger partial charge in [-0.3, -0.25) is 9.59 Å². The fraction of sp³-hybridized carbons (Fsp3) is 0.556. The summed E-state index contributed by atoms with van der Waals surface area (Å²) < 4.78 is 0. The van der Waals surface area contributed by atoms with E-state index in [9.17, 15) is 9.59 Å². The van der Waals surface area contributed by atoms with Gasteiger partial charge < -0.3 is 16.4 Å². The van der Waals surface area contributed by atoms with Crippen molar-refractivity contribution in [2.24, 2.45) is 35.3 Å². The quantitative estimate of drug-likeness (QED) is 0.772. The molecular formula is C18H23N3O2. The minimum absolute atomic E-state index is 0.0932. The molecule has 5 heteroatoms. The van der Waals surface area contributed by atoms with Gasteiger partial charge >= 0.3 is 0 Å². The molecule has 23 heavy (non-hydrogen) atoms. The third-order valence-electron chi connectivity index (χ3n) is 5.90. The van der Waals surface area contributed by atoms with Crippen molar-refractivity contribution in [2.75, 3.05) is 18.4 Å². The molecule has 2 bridgehead atoms. The average molecular weight is 313 g/mol. The second-order valence-electron chi connectivity index (χ2n) is 7.09. The van der Waals surface area contributed by atoms with E-state index in [1.54, 1.807) is 18.2 Å². The molecule has 0 saturated heterocycles. The summed E-state index contributed by atoms with van der Waals surface area (Å²) >= 11 is 0. The SMILES string of the molecule is NCCNC(=O)c1ccccc1NC(=O)C1C2C3CCC(C3)C12. The molecule has 0 aromatic heterocycles. The number of anilines is 1. The van der Waals surface area contributed by atoms with Crippen LogP contribution >= 0.6 is 0 Å². The number of amides is 2. The van der Waals surface area contributed by atoms with E-state index in [1.165, 1.54) is 19.3 Å². The number of carbonyl (C=O) groups excluding carboxylic acids is 2. The molecule has 1 aromatic rings. The van der Waals surface area contributed by atoms with E-state index in [2.05, 4.69) is 10.6 Å². The second-order valence-corrected chi connectivity index (χ2v) is 7.09. The minimum atomic E-state index is -0.192. The van der Waals surface area contributed by atoms with Crippen LogP contribution in [0.3, 0.4) is 0 Å². The summed E-state index contributed by atoms with van der Waals surface area (Å²) in [5.41, 5.74) is 6.53. The molecule has 3 aliphatic carbocycles. The Bertz CT molecular complexity index is 629. The number of para-hydroxylation sites is 1. The van der Waals surface area contributed by atoms with Crippen molar-refractivity contribution >= 4 is 17.5 Å². The van der Waals surface area contributed by atoms with Gasteiger partial charge in [0.25, 0.3) is 5.91 Å². The van der Waals surface area contributed by atoms with Crippen LogP contribution in [0.15, 0.2) is 24.3 Å². The molecule has 2 amide bonds. The van der Waals surface area contributed by atoms with Gasteiger partial charge in [-0.1, -0.05) is 12.1 Å². The van der Waals surface area contributed by atoms with Crippen LogP contribution in [0.25, 0.3) is 0 Å². The zero-order valence-corrected chi connectivity index (χ0v) is 13.1. The molecule has 3 aliphatic rings. The van der Waals surface area contributed by atoms with E-state index in [4.69, 9.17) is 5.73 Å². The molecule has 3 saturated carbocycles. The van der Waals surface area contributed by atoms with Crippen LogP contribution in [0, 0.1) is 29.6 Å². The number of hydrogen-bond donors (Lipinski definition) is 3. The van der Waals surface area contributed by atoms with Crippen LogP contribution in [0.4, 0.5) is 5.69 Å². The Hall–Kier alpha value is -1.88. The number of carbonyl (C=O) groups is 2. The molecule has 3 fully saturated rings. The molecule has 5 nitrogen and oxygen atoms in total. The summed E-state index contributed by atoms with van der Waals surface area (Å²) in [7, 11) is 0. The molecule has 0 spiro atoms. The first-order valence-electron chi connectivity index (χ1n) is 8.59. The smallest absolute Gasteiger partial charge is 0.253 e. The van der Waals surface area contributed by atoms with Crippen molar-refractivity contribution in [3.05, 3.63) is 29.8 Å². The van der Waals surface area contributed by atoms with E-state index in [0.717, 1.165) is 11.8 Å². The Morgan fingerprint density at radius 2 is 1.83 bits per heavy atom. The lowest BCUT2D eigenvalue weighted by Crippen LogP contribution is -2.30. The van der Waals surface area contributed by atoms with Gasteiger partial charge in [-0.25, -0.2) is 0 Å². The zero-order valence-electron chi connectivity index (χ0n) is 13.1. The number of fused-ring (bicyclic) bond motifs is 5. The first-order chi connectivity index (χ1) is 11.2. The van der Waals surface area contributed by atoms with Gasteiger partial charge in [0.2, 0.25) is 5.91 Å². The Kier molecular flexibility index (Phi) is 3.60. The maximum atomic E-state index is 12.6. The van der Waals surface area contributed by atoms with Gasteiger partial charge in [0.1, 0.15) is 0 Å². The third-order valence-corrected chi connectivity index (χ3v) is 5.90. The van der Waals surface area contributed by atoms with Gasteiger partial charge in [0.15, 0.2) is 0 Å². The lowest BCUT2D eigenvalue weighted by molar-refractivity contribution is -0.118. The highest BCUT2D eigenvalue weighted by molar-refractivity contribution is 6.04. The lowest BCUT2D eigenvalue weighted by Gasteiger charge is -2.13. The summed E-state index contributed by atoms with van der Waals surface area (Å²) in [5, 5.41) is 5.75. The second kappa shape index (κ2) is 5.64. The van der Waals surface area contributed by atoms with Crippen LogP contribution in [0.5, 0.6) is 0 Å². The topological polar surface area (TPSA) is 84.2 Å². The fourth-order valence-corrected chi connectivity index (χ4v) is 4.96. The van der Waals surface area contributed by atoms with Gasteiger partial charge in [-0.2, -0.15) is 0 Å². The highest BCUT2D eigenvalue weighted by atomic mass is 16.2. The lowest BCUT2D eigenvalue weighted by atomic mass is 10.0. The minimum Gasteiger partial charge on any atom is -0.351 e. The first kappa shape index (κ1) is 14.7. The fourth-order valence-electron chi connectivity index (χ4n) is 4.96. The summed E-state index contributed by atoms with van der Waals surface area (Å²) in [4.78, 5) is 24.8. The van der Waals surface area contributed by atoms with Crippen molar-refractivity contribution in [1.82, 2.24) is 5.32 Å². The van der Waals surface area contributed by atoms with Crippen molar-refractivity contribution in [3.63, 3.8) is 0 Å². The molecule has 1 aromatic carbocycles. The van der Waals surface area contributed by atoms with Crippen molar-refractivity contribution in [2.45, 2.75) is 19.3 Å². The zero-order chi connectivity index (χ0) is 16.0. The van der Waals surface area contributed by atoms with Crippen molar-refractivity contribution < 1.29 is 9.59 Å². The van der Waals surface area contributed by atoms with E-state index in [-0.39, 0.29) is 17.7 Å². The van der Waals surface area contributed by atoms with Crippen LogP contribution in [0.1, 0.15) is 29.6 Å². The molecule has 4 rings (SSSR count). The molecular weight excluding hydrogens is 290 g/mol.